The van der Waals surface area contributed by atoms with Gasteiger partial charge in [0.2, 0.25) is 6.41 Å². The minimum atomic E-state index is -1.39. The molecule has 30 heavy (non-hydrogen) atoms. The van der Waals surface area contributed by atoms with E-state index in [2.05, 4.69) is 21.9 Å². The highest BCUT2D eigenvalue weighted by molar-refractivity contribution is 7.99. The SMILES string of the molecule is CCCN(C)c1ccc(NSCc2c(F)c(F)c(C)c(F)c2F)cc1C(C)NC=O. The Morgan fingerprint density at radius 2 is 1.77 bits per heavy atom. The number of nitrogens with one attached hydrogen (secondary N) is 2. The molecule has 1 unspecified atom stereocenters. The molecule has 2 aromatic carbocycles. The van der Waals surface area contributed by atoms with Gasteiger partial charge in [0.15, 0.2) is 23.3 Å². The van der Waals surface area contributed by atoms with Crippen molar-refractivity contribution in [1.82, 2.24) is 5.32 Å². The van der Waals surface area contributed by atoms with Crippen molar-refractivity contribution >= 4 is 29.7 Å². The Kier molecular flexibility index (Phi) is 8.40. The van der Waals surface area contributed by atoms with Crippen LogP contribution in [0.25, 0.3) is 0 Å². The molecule has 0 heterocycles. The van der Waals surface area contributed by atoms with E-state index in [1.54, 1.807) is 6.07 Å². The third-order valence-corrected chi connectivity index (χ3v) is 5.58. The molecule has 0 spiro atoms. The van der Waals surface area contributed by atoms with E-state index in [1.165, 1.54) is 0 Å². The summed E-state index contributed by atoms with van der Waals surface area (Å²) in [6.07, 6.45) is 1.57. The summed E-state index contributed by atoms with van der Waals surface area (Å²) in [5, 5.41) is 2.72. The fraction of sp³-hybridized carbons (Fsp3) is 0.381. The molecule has 2 aromatic rings. The predicted octanol–water partition coefficient (Wildman–Crippen LogP) is 5.46. The maximum absolute atomic E-state index is 14.0. The third kappa shape index (κ3) is 5.19. The predicted molar refractivity (Wildman–Crippen MR) is 114 cm³/mol. The number of hydrogen-bond donors (Lipinski definition) is 2. The monoisotopic (exact) mass is 443 g/mol. The maximum atomic E-state index is 14.0. The van der Waals surface area contributed by atoms with Crippen LogP contribution in [0.3, 0.4) is 0 Å². The fourth-order valence-corrected chi connectivity index (χ4v) is 3.83. The van der Waals surface area contributed by atoms with Crippen LogP contribution in [0.15, 0.2) is 18.2 Å². The van der Waals surface area contributed by atoms with Gasteiger partial charge in [0.05, 0.1) is 6.04 Å². The Balaban J connectivity index is 2.22. The zero-order valence-electron chi connectivity index (χ0n) is 17.3. The first kappa shape index (κ1) is 23.9. The summed E-state index contributed by atoms with van der Waals surface area (Å²) in [4.78, 5) is 12.9. The van der Waals surface area contributed by atoms with E-state index in [1.807, 2.05) is 26.1 Å². The van der Waals surface area contributed by atoms with Gasteiger partial charge in [-0.2, -0.15) is 0 Å². The molecule has 0 fully saturated rings. The van der Waals surface area contributed by atoms with Crippen LogP contribution in [-0.2, 0) is 10.5 Å². The molecule has 2 N–H and O–H groups in total. The number of nitrogens with zero attached hydrogens (tertiary/aromatic N) is 1. The van der Waals surface area contributed by atoms with E-state index in [0.717, 1.165) is 43.1 Å². The molecule has 2 rings (SSSR count). The van der Waals surface area contributed by atoms with Gasteiger partial charge in [0, 0.05) is 41.8 Å². The van der Waals surface area contributed by atoms with Crippen molar-refractivity contribution in [2.45, 2.75) is 39.0 Å². The highest BCUT2D eigenvalue weighted by Crippen LogP contribution is 2.31. The minimum absolute atomic E-state index is 0.265. The molecule has 0 aliphatic carbocycles. The van der Waals surface area contributed by atoms with Crippen molar-refractivity contribution in [3.05, 3.63) is 58.2 Å². The van der Waals surface area contributed by atoms with Gasteiger partial charge >= 0.3 is 0 Å². The highest BCUT2D eigenvalue weighted by Gasteiger charge is 2.23. The molecule has 0 saturated heterocycles. The summed E-state index contributed by atoms with van der Waals surface area (Å²) >= 11 is 0.902. The average molecular weight is 444 g/mol. The fourth-order valence-electron chi connectivity index (χ4n) is 3.07. The van der Waals surface area contributed by atoms with Crippen LogP contribution >= 0.6 is 11.9 Å². The second-order valence-corrected chi connectivity index (χ2v) is 7.73. The highest BCUT2D eigenvalue weighted by atomic mass is 32.2. The van der Waals surface area contributed by atoms with Crippen molar-refractivity contribution in [1.29, 1.82) is 0 Å². The summed E-state index contributed by atoms with van der Waals surface area (Å²) in [7, 11) is 1.95. The Morgan fingerprint density at radius 3 is 2.33 bits per heavy atom. The molecular weight excluding hydrogens is 418 g/mol. The van der Waals surface area contributed by atoms with E-state index in [0.29, 0.717) is 12.1 Å². The molecule has 0 aliphatic heterocycles. The molecule has 0 bridgehead atoms. The first-order valence-electron chi connectivity index (χ1n) is 9.46. The van der Waals surface area contributed by atoms with Crippen LogP contribution in [-0.4, -0.2) is 20.0 Å². The first-order valence-corrected chi connectivity index (χ1v) is 10.4. The van der Waals surface area contributed by atoms with Crippen molar-refractivity contribution in [3.8, 4) is 0 Å². The number of halogens is 4. The normalized spacial score (nSPS) is 11.9. The minimum Gasteiger partial charge on any atom is -0.374 e. The van der Waals surface area contributed by atoms with E-state index < -0.39 is 34.4 Å². The lowest BCUT2D eigenvalue weighted by Gasteiger charge is -2.25. The van der Waals surface area contributed by atoms with Gasteiger partial charge in [-0.1, -0.05) is 6.92 Å². The molecular formula is C21H25F4N3OS. The van der Waals surface area contributed by atoms with Crippen molar-refractivity contribution in [2.24, 2.45) is 0 Å². The number of anilines is 2. The zero-order chi connectivity index (χ0) is 22.4. The zero-order valence-corrected chi connectivity index (χ0v) is 18.1. The molecule has 164 valence electrons. The van der Waals surface area contributed by atoms with Crippen molar-refractivity contribution in [3.63, 3.8) is 0 Å². The summed E-state index contributed by atoms with van der Waals surface area (Å²) in [6, 6.07) is 5.22. The van der Waals surface area contributed by atoms with Gasteiger partial charge in [-0.3, -0.25) is 4.79 Å². The smallest absolute Gasteiger partial charge is 0.207 e. The quantitative estimate of drug-likeness (QED) is 0.221. The van der Waals surface area contributed by atoms with Gasteiger partial charge < -0.3 is 14.9 Å². The van der Waals surface area contributed by atoms with Gasteiger partial charge in [0.25, 0.3) is 0 Å². The van der Waals surface area contributed by atoms with Crippen LogP contribution in [0.1, 0.15) is 43.0 Å². The number of amides is 1. The standard InChI is InChI=1S/C21H25F4N3OS/c1-5-8-28(4)17-7-6-14(9-15(17)13(3)26-11-29)27-30-10-16-20(24)18(22)12(2)19(23)21(16)25/h6-7,9,11,13,27H,5,8,10H2,1-4H3,(H,26,29). The molecule has 0 aliphatic rings. The molecule has 4 nitrogen and oxygen atoms in total. The van der Waals surface area contributed by atoms with E-state index in [4.69, 9.17) is 0 Å². The Labute approximate surface area is 178 Å². The molecule has 1 atom stereocenters. The Hall–Kier alpha value is -2.42. The van der Waals surface area contributed by atoms with Gasteiger partial charge in [-0.15, -0.1) is 0 Å². The first-order chi connectivity index (χ1) is 14.2. The van der Waals surface area contributed by atoms with Gasteiger partial charge in [-0.05, 0) is 56.0 Å². The summed E-state index contributed by atoms with van der Waals surface area (Å²) in [5.74, 6) is -5.86. The van der Waals surface area contributed by atoms with Crippen molar-refractivity contribution < 1.29 is 22.4 Å². The second kappa shape index (κ2) is 10.6. The third-order valence-electron chi connectivity index (χ3n) is 4.76. The van der Waals surface area contributed by atoms with Crippen LogP contribution in [0.4, 0.5) is 28.9 Å². The van der Waals surface area contributed by atoms with Crippen LogP contribution < -0.4 is 14.9 Å². The number of hydrogen-bond acceptors (Lipinski definition) is 4. The lowest BCUT2D eigenvalue weighted by Crippen LogP contribution is -2.23. The topological polar surface area (TPSA) is 44.4 Å². The number of rotatable bonds is 10. The van der Waals surface area contributed by atoms with Gasteiger partial charge in [-0.25, -0.2) is 17.6 Å². The molecule has 0 radical (unpaired) electrons. The summed E-state index contributed by atoms with van der Waals surface area (Å²) < 4.78 is 58.5. The van der Waals surface area contributed by atoms with E-state index >= 15 is 0 Å². The molecule has 0 aromatic heterocycles. The summed E-state index contributed by atoms with van der Waals surface area (Å²) in [6.45, 7) is 5.71. The number of carbonyl (C=O) groups excluding carboxylic acids is 1. The largest absolute Gasteiger partial charge is 0.374 e. The molecule has 0 saturated carbocycles. The summed E-state index contributed by atoms with van der Waals surface area (Å²) in [5.41, 5.74) is 1.07. The average Bonchev–Trinajstić information content (AvgIpc) is 2.73. The maximum Gasteiger partial charge on any atom is 0.207 e. The second-order valence-electron chi connectivity index (χ2n) is 6.95. The van der Waals surface area contributed by atoms with Crippen molar-refractivity contribution in [2.75, 3.05) is 23.2 Å². The van der Waals surface area contributed by atoms with E-state index in [-0.39, 0.29) is 11.8 Å². The lowest BCUT2D eigenvalue weighted by atomic mass is 10.0. The lowest BCUT2D eigenvalue weighted by molar-refractivity contribution is -0.110. The van der Waals surface area contributed by atoms with Crippen LogP contribution in [0, 0.1) is 30.2 Å². The molecule has 1 amide bonds. The van der Waals surface area contributed by atoms with Crippen LogP contribution in [0.5, 0.6) is 0 Å². The Morgan fingerprint density at radius 1 is 1.13 bits per heavy atom. The van der Waals surface area contributed by atoms with E-state index in [9.17, 15) is 22.4 Å². The molecule has 9 heteroatoms. The van der Waals surface area contributed by atoms with Crippen LogP contribution in [0.2, 0.25) is 0 Å². The Bertz CT molecular complexity index is 881. The number of carbonyl (C=O) groups is 1. The van der Waals surface area contributed by atoms with Gasteiger partial charge in [0.1, 0.15) is 0 Å². The number of benzene rings is 2.